The summed E-state index contributed by atoms with van der Waals surface area (Å²) in [5.41, 5.74) is 0. The molecule has 0 aliphatic rings. The smallest absolute Gasteiger partial charge is 0.329 e. The zero-order valence-corrected chi connectivity index (χ0v) is 25.5. The Balaban J connectivity index is 3.90. The minimum absolute atomic E-state index is 0.0275. The van der Waals surface area contributed by atoms with Gasteiger partial charge in [0.25, 0.3) is 0 Å². The first-order chi connectivity index (χ1) is 17.3. The van der Waals surface area contributed by atoms with Crippen molar-refractivity contribution in [3.05, 3.63) is 0 Å². The third-order valence-corrected chi connectivity index (χ3v) is 7.16. The van der Waals surface area contributed by atoms with E-state index in [-0.39, 0.29) is 11.7 Å². The van der Waals surface area contributed by atoms with Crippen molar-refractivity contribution < 1.29 is 28.0 Å². The zero-order chi connectivity index (χ0) is 26.9. The molecule has 1 N–H and O–H groups in total. The molecule has 0 saturated heterocycles. The molecule has 0 aliphatic heterocycles. The highest BCUT2D eigenvalue weighted by Gasteiger charge is 2.18. The van der Waals surface area contributed by atoms with Crippen molar-refractivity contribution in [2.45, 2.75) is 123 Å². The monoisotopic (exact) mass is 534 g/mol. The zero-order valence-electron chi connectivity index (χ0n) is 24.6. The van der Waals surface area contributed by atoms with Crippen LogP contribution in [0.25, 0.3) is 0 Å². The molecule has 0 aromatic heterocycles. The van der Waals surface area contributed by atoms with E-state index in [9.17, 15) is 9.69 Å². The highest BCUT2D eigenvalue weighted by molar-refractivity contribution is 7.40. The Morgan fingerprint density at radius 3 is 1.83 bits per heavy atom. The minimum Gasteiger partial charge on any atom is -0.381 e. The van der Waals surface area contributed by atoms with E-state index in [1.165, 1.54) is 70.6 Å². The molecular weight excluding hydrogens is 473 g/mol. The number of nitrogens with zero attached hydrogens (tertiary/aromatic N) is 1. The van der Waals surface area contributed by atoms with Crippen LogP contribution in [0.4, 0.5) is 0 Å². The first-order valence-corrected chi connectivity index (χ1v) is 16.1. The fourth-order valence-corrected chi connectivity index (χ4v) is 4.90. The second-order valence-corrected chi connectivity index (χ2v) is 12.4. The molecule has 0 amide bonds. The summed E-state index contributed by atoms with van der Waals surface area (Å²) in [4.78, 5) is 22.2. The molecule has 0 rings (SSSR count). The average Bonchev–Trinajstić information content (AvgIpc) is 2.81. The SMILES string of the molecule is CCCCCCCCCCCCCCOCC(COP(O)OCCCC[N+](C)(C)C)CC(=O)CCC. The van der Waals surface area contributed by atoms with Crippen LogP contribution in [0.15, 0.2) is 0 Å². The molecule has 0 aromatic carbocycles. The Bertz CT molecular complexity index is 487. The van der Waals surface area contributed by atoms with Crippen molar-refractivity contribution in [1.82, 2.24) is 0 Å². The van der Waals surface area contributed by atoms with E-state index >= 15 is 0 Å². The van der Waals surface area contributed by atoms with Crippen molar-refractivity contribution in [1.29, 1.82) is 0 Å². The van der Waals surface area contributed by atoms with E-state index in [2.05, 4.69) is 28.1 Å². The van der Waals surface area contributed by atoms with Gasteiger partial charge in [-0.3, -0.25) is 4.79 Å². The topological polar surface area (TPSA) is 65.0 Å². The summed E-state index contributed by atoms with van der Waals surface area (Å²) in [5, 5.41) is 0. The molecule has 6 nitrogen and oxygen atoms in total. The van der Waals surface area contributed by atoms with E-state index in [4.69, 9.17) is 13.8 Å². The summed E-state index contributed by atoms with van der Waals surface area (Å²) >= 11 is 0. The van der Waals surface area contributed by atoms with Gasteiger partial charge in [0.1, 0.15) is 5.78 Å². The molecule has 0 aliphatic carbocycles. The lowest BCUT2D eigenvalue weighted by Crippen LogP contribution is -2.35. The normalized spacial score (nSPS) is 13.7. The van der Waals surface area contributed by atoms with Gasteiger partial charge in [-0.05, 0) is 25.7 Å². The van der Waals surface area contributed by atoms with Gasteiger partial charge in [-0.1, -0.05) is 84.5 Å². The summed E-state index contributed by atoms with van der Waals surface area (Å²) in [5.74, 6) is 0.212. The van der Waals surface area contributed by atoms with Crippen molar-refractivity contribution in [3.63, 3.8) is 0 Å². The van der Waals surface area contributed by atoms with Gasteiger partial charge in [0.15, 0.2) is 0 Å². The first kappa shape index (κ1) is 35.9. The maximum atomic E-state index is 12.2. The van der Waals surface area contributed by atoms with E-state index < -0.39 is 8.60 Å². The van der Waals surface area contributed by atoms with Crippen LogP contribution in [0.1, 0.15) is 123 Å². The van der Waals surface area contributed by atoms with Crippen LogP contribution in [-0.2, 0) is 18.6 Å². The molecule has 0 bridgehead atoms. The van der Waals surface area contributed by atoms with Gasteiger partial charge in [-0.2, -0.15) is 0 Å². The number of unbranched alkanes of at least 4 members (excludes halogenated alkanes) is 12. The van der Waals surface area contributed by atoms with Crippen LogP contribution in [-0.4, -0.2) is 69.3 Å². The maximum absolute atomic E-state index is 12.2. The Kier molecular flexibility index (Phi) is 25.1. The summed E-state index contributed by atoms with van der Waals surface area (Å²) in [6, 6.07) is 0. The minimum atomic E-state index is -1.90. The van der Waals surface area contributed by atoms with Crippen LogP contribution in [0.3, 0.4) is 0 Å². The molecule has 2 atom stereocenters. The lowest BCUT2D eigenvalue weighted by molar-refractivity contribution is -0.870. The largest absolute Gasteiger partial charge is 0.381 e. The number of carbonyl (C=O) groups excluding carboxylic acids is 1. The van der Waals surface area contributed by atoms with Gasteiger partial charge >= 0.3 is 8.60 Å². The number of rotatable bonds is 28. The molecule has 0 fully saturated rings. The third-order valence-electron chi connectivity index (χ3n) is 6.39. The Hall–Kier alpha value is -0.100. The number of ketones is 1. The van der Waals surface area contributed by atoms with E-state index in [0.29, 0.717) is 32.7 Å². The van der Waals surface area contributed by atoms with E-state index in [1.54, 1.807) is 0 Å². The third kappa shape index (κ3) is 26.9. The summed E-state index contributed by atoms with van der Waals surface area (Å²) in [6.07, 6.45) is 19.8. The van der Waals surface area contributed by atoms with E-state index in [1.807, 2.05) is 6.92 Å². The van der Waals surface area contributed by atoms with Crippen molar-refractivity contribution >= 4 is 14.4 Å². The van der Waals surface area contributed by atoms with Crippen LogP contribution >= 0.6 is 8.60 Å². The molecule has 7 heteroatoms. The molecule has 0 spiro atoms. The molecule has 2 unspecified atom stereocenters. The van der Waals surface area contributed by atoms with E-state index in [0.717, 1.165) is 43.3 Å². The van der Waals surface area contributed by atoms with Gasteiger partial charge in [0.05, 0.1) is 47.5 Å². The van der Waals surface area contributed by atoms with Crippen molar-refractivity contribution in [3.8, 4) is 0 Å². The highest BCUT2D eigenvalue weighted by atomic mass is 31.2. The molecule has 36 heavy (non-hydrogen) atoms. The van der Waals surface area contributed by atoms with Gasteiger partial charge in [0, 0.05) is 25.4 Å². The van der Waals surface area contributed by atoms with Crippen molar-refractivity contribution in [2.75, 3.05) is 54.1 Å². The van der Waals surface area contributed by atoms with Crippen LogP contribution < -0.4 is 0 Å². The molecule has 216 valence electrons. The van der Waals surface area contributed by atoms with Crippen LogP contribution in [0, 0.1) is 5.92 Å². The Morgan fingerprint density at radius 1 is 0.722 bits per heavy atom. The van der Waals surface area contributed by atoms with Gasteiger partial charge in [-0.25, -0.2) is 0 Å². The molecule has 0 saturated carbocycles. The summed E-state index contributed by atoms with van der Waals surface area (Å²) < 4.78 is 17.8. The number of carbonyl (C=O) groups is 1. The summed E-state index contributed by atoms with van der Waals surface area (Å²) in [6.45, 7) is 7.39. The van der Waals surface area contributed by atoms with Crippen molar-refractivity contribution in [2.24, 2.45) is 5.92 Å². The highest BCUT2D eigenvalue weighted by Crippen LogP contribution is 2.34. The number of quaternary nitrogens is 1. The lowest BCUT2D eigenvalue weighted by Gasteiger charge is -2.23. The predicted molar refractivity (Wildman–Crippen MR) is 153 cm³/mol. The lowest BCUT2D eigenvalue weighted by atomic mass is 10.0. The van der Waals surface area contributed by atoms with Gasteiger partial charge in [0.2, 0.25) is 0 Å². The van der Waals surface area contributed by atoms with Gasteiger partial charge in [-0.15, -0.1) is 0 Å². The molecular formula is C29H61NO5P+. The number of Topliss-reactive ketones (excluding diaryl/α,β-unsaturated/α-hetero) is 1. The predicted octanol–water partition coefficient (Wildman–Crippen LogP) is 7.82. The van der Waals surface area contributed by atoms with Crippen LogP contribution in [0.5, 0.6) is 0 Å². The summed E-state index contributed by atoms with van der Waals surface area (Å²) in [7, 11) is 4.61. The molecule has 0 aromatic rings. The second-order valence-electron chi connectivity index (χ2n) is 11.4. The fourth-order valence-electron chi connectivity index (χ4n) is 4.20. The number of hydrogen-bond acceptors (Lipinski definition) is 5. The standard InChI is InChI=1S/C29H61NO5P/c1-6-8-9-10-11-12-13-14-15-16-17-19-23-33-26-28(25-29(31)21-7-2)27-35-36(32)34-24-20-18-22-30(3,4)5/h28,32H,6-27H2,1-5H3/q+1. The Morgan fingerprint density at radius 2 is 1.28 bits per heavy atom. The molecule has 0 heterocycles. The first-order valence-electron chi connectivity index (χ1n) is 14.9. The van der Waals surface area contributed by atoms with Gasteiger partial charge < -0.3 is 23.2 Å². The molecule has 0 radical (unpaired) electrons. The number of hydrogen-bond donors (Lipinski definition) is 1. The second kappa shape index (κ2) is 25.2. The van der Waals surface area contributed by atoms with Crippen LogP contribution in [0.2, 0.25) is 0 Å². The Labute approximate surface area is 225 Å². The average molecular weight is 535 g/mol. The maximum Gasteiger partial charge on any atom is 0.329 e. The fraction of sp³-hybridized carbons (Fsp3) is 0.966. The number of ether oxygens (including phenoxy) is 1. The quantitative estimate of drug-likeness (QED) is 0.0630.